The molecule has 0 heterocycles. The molecule has 0 aromatic rings. The summed E-state index contributed by atoms with van der Waals surface area (Å²) in [6.45, 7) is 12.6. The zero-order valence-electron chi connectivity index (χ0n) is 13.6. The Morgan fingerprint density at radius 3 is 1.94 bits per heavy atom. The van der Waals surface area contributed by atoms with E-state index in [1.165, 1.54) is 64.3 Å². The second-order valence-corrected chi connectivity index (χ2v) is 6.98. The van der Waals surface area contributed by atoms with E-state index in [0.29, 0.717) is 0 Å². The van der Waals surface area contributed by atoms with Gasteiger partial charge in [-0.05, 0) is 39.7 Å². The van der Waals surface area contributed by atoms with E-state index in [9.17, 15) is 0 Å². The zero-order valence-corrected chi connectivity index (χ0v) is 13.6. The third-order valence-corrected chi connectivity index (χ3v) is 3.59. The molecule has 1 atom stereocenters. The Kier molecular flexibility index (Phi) is 10.8. The molecule has 1 N–H and O–H groups in total. The fourth-order valence-electron chi connectivity index (χ4n) is 2.29. The smallest absolute Gasteiger partial charge is 0.00965 e. The summed E-state index contributed by atoms with van der Waals surface area (Å²) in [5, 5.41) is 3.58. The molecule has 0 fully saturated rings. The monoisotopic (exact) mass is 255 g/mol. The van der Waals surface area contributed by atoms with Crippen molar-refractivity contribution in [3.8, 4) is 0 Å². The predicted molar refractivity (Wildman–Crippen MR) is 84.1 cm³/mol. The lowest BCUT2D eigenvalue weighted by Crippen LogP contribution is -2.36. The van der Waals surface area contributed by atoms with Gasteiger partial charge in [-0.2, -0.15) is 0 Å². The molecule has 0 saturated carbocycles. The van der Waals surface area contributed by atoms with E-state index in [1.807, 2.05) is 0 Å². The Balaban J connectivity index is 3.24. The molecular weight excluding hydrogens is 218 g/mol. The molecule has 0 aromatic carbocycles. The summed E-state index contributed by atoms with van der Waals surface area (Å²) in [6.07, 6.45) is 12.8. The van der Waals surface area contributed by atoms with Crippen LogP contribution in [-0.4, -0.2) is 12.1 Å². The van der Waals surface area contributed by atoms with E-state index >= 15 is 0 Å². The van der Waals surface area contributed by atoms with Crippen molar-refractivity contribution in [2.45, 2.75) is 97.9 Å². The van der Waals surface area contributed by atoms with Crippen molar-refractivity contribution in [3.05, 3.63) is 0 Å². The number of hydrogen-bond donors (Lipinski definition) is 1. The second-order valence-electron chi connectivity index (χ2n) is 6.98. The average molecular weight is 255 g/mol. The van der Waals surface area contributed by atoms with E-state index < -0.39 is 0 Å². The zero-order chi connectivity index (χ0) is 13.9. The Morgan fingerprint density at radius 1 is 0.833 bits per heavy atom. The summed E-state index contributed by atoms with van der Waals surface area (Å²) in [5.74, 6) is 0.885. The predicted octanol–water partition coefficient (Wildman–Crippen LogP) is 5.54. The summed E-state index contributed by atoms with van der Waals surface area (Å²) < 4.78 is 0. The minimum atomic E-state index is 0.277. The van der Waals surface area contributed by atoms with E-state index in [2.05, 4.69) is 39.9 Å². The summed E-state index contributed by atoms with van der Waals surface area (Å²) >= 11 is 0. The van der Waals surface area contributed by atoms with Crippen molar-refractivity contribution in [2.24, 2.45) is 5.92 Å². The molecule has 0 aromatic heterocycles. The number of hydrogen-bond acceptors (Lipinski definition) is 1. The Hall–Kier alpha value is -0.0400. The molecular formula is C17H37N. The van der Waals surface area contributed by atoms with E-state index in [4.69, 9.17) is 0 Å². The molecule has 0 radical (unpaired) electrons. The molecule has 18 heavy (non-hydrogen) atoms. The van der Waals surface area contributed by atoms with Crippen LogP contribution in [0, 0.1) is 5.92 Å². The first-order valence-corrected chi connectivity index (χ1v) is 8.20. The van der Waals surface area contributed by atoms with E-state index in [1.54, 1.807) is 0 Å². The molecule has 0 amide bonds. The fraction of sp³-hybridized carbons (Fsp3) is 1.00. The van der Waals surface area contributed by atoms with Crippen LogP contribution in [0.25, 0.3) is 0 Å². The highest BCUT2D eigenvalue weighted by Gasteiger charge is 2.09. The van der Waals surface area contributed by atoms with Gasteiger partial charge in [-0.3, -0.25) is 0 Å². The first-order chi connectivity index (χ1) is 8.45. The van der Waals surface area contributed by atoms with E-state index in [0.717, 1.165) is 5.92 Å². The molecule has 0 saturated heterocycles. The molecule has 0 bridgehead atoms. The van der Waals surface area contributed by atoms with Crippen molar-refractivity contribution in [2.75, 3.05) is 6.54 Å². The topological polar surface area (TPSA) is 12.0 Å². The number of rotatable bonds is 11. The molecule has 0 aliphatic carbocycles. The molecule has 0 aliphatic rings. The summed E-state index contributed by atoms with van der Waals surface area (Å²) in [4.78, 5) is 0. The highest BCUT2D eigenvalue weighted by molar-refractivity contribution is 4.70. The highest BCUT2D eigenvalue weighted by Crippen LogP contribution is 2.15. The Labute approximate surface area is 116 Å². The largest absolute Gasteiger partial charge is 0.312 e. The van der Waals surface area contributed by atoms with Crippen LogP contribution in [0.5, 0.6) is 0 Å². The van der Waals surface area contributed by atoms with Crippen molar-refractivity contribution in [1.29, 1.82) is 0 Å². The van der Waals surface area contributed by atoms with Gasteiger partial charge in [-0.25, -0.2) is 0 Å². The second kappa shape index (κ2) is 10.8. The molecule has 1 nitrogen and oxygen atoms in total. The van der Waals surface area contributed by atoms with Crippen LogP contribution in [-0.2, 0) is 0 Å². The van der Waals surface area contributed by atoms with Gasteiger partial charge in [0.25, 0.3) is 0 Å². The molecule has 0 rings (SSSR count). The lowest BCUT2D eigenvalue weighted by atomic mass is 9.98. The van der Waals surface area contributed by atoms with Gasteiger partial charge in [0.1, 0.15) is 0 Å². The molecule has 1 unspecified atom stereocenters. The molecule has 1 heteroatoms. The van der Waals surface area contributed by atoms with Crippen molar-refractivity contribution in [3.63, 3.8) is 0 Å². The summed E-state index contributed by atoms with van der Waals surface area (Å²) in [6, 6.07) is 0. The van der Waals surface area contributed by atoms with Gasteiger partial charge in [0, 0.05) is 5.54 Å². The van der Waals surface area contributed by atoms with Gasteiger partial charge in [-0.1, -0.05) is 65.2 Å². The molecule has 110 valence electrons. The SMILES string of the molecule is CCCCCCCCCC(C)CCNC(C)(C)C. The van der Waals surface area contributed by atoms with Crippen LogP contribution in [0.2, 0.25) is 0 Å². The van der Waals surface area contributed by atoms with Crippen molar-refractivity contribution < 1.29 is 0 Å². The average Bonchev–Trinajstić information content (AvgIpc) is 2.26. The third-order valence-electron chi connectivity index (χ3n) is 3.59. The van der Waals surface area contributed by atoms with Gasteiger partial charge in [0.2, 0.25) is 0 Å². The highest BCUT2D eigenvalue weighted by atomic mass is 14.9. The van der Waals surface area contributed by atoms with Gasteiger partial charge in [-0.15, -0.1) is 0 Å². The van der Waals surface area contributed by atoms with Crippen molar-refractivity contribution >= 4 is 0 Å². The van der Waals surface area contributed by atoms with Crippen LogP contribution in [0.3, 0.4) is 0 Å². The first-order valence-electron chi connectivity index (χ1n) is 8.20. The lowest BCUT2D eigenvalue weighted by molar-refractivity contribution is 0.380. The number of unbranched alkanes of at least 4 members (excludes halogenated alkanes) is 6. The van der Waals surface area contributed by atoms with Gasteiger partial charge in [0.05, 0.1) is 0 Å². The van der Waals surface area contributed by atoms with E-state index in [-0.39, 0.29) is 5.54 Å². The molecule has 0 aliphatic heterocycles. The van der Waals surface area contributed by atoms with Crippen LogP contribution in [0.4, 0.5) is 0 Å². The van der Waals surface area contributed by atoms with Crippen LogP contribution in [0.15, 0.2) is 0 Å². The van der Waals surface area contributed by atoms with Crippen LogP contribution in [0.1, 0.15) is 92.4 Å². The normalized spacial score (nSPS) is 13.8. The van der Waals surface area contributed by atoms with Crippen molar-refractivity contribution in [1.82, 2.24) is 5.32 Å². The van der Waals surface area contributed by atoms with Gasteiger partial charge >= 0.3 is 0 Å². The minimum Gasteiger partial charge on any atom is -0.312 e. The maximum Gasteiger partial charge on any atom is 0.00965 e. The minimum absolute atomic E-state index is 0.277. The van der Waals surface area contributed by atoms with Crippen LogP contribution < -0.4 is 5.32 Å². The Bertz CT molecular complexity index is 169. The maximum atomic E-state index is 3.58. The maximum absolute atomic E-state index is 3.58. The summed E-state index contributed by atoms with van der Waals surface area (Å²) in [5.41, 5.74) is 0.277. The Morgan fingerprint density at radius 2 is 1.39 bits per heavy atom. The van der Waals surface area contributed by atoms with Crippen LogP contribution >= 0.6 is 0 Å². The third kappa shape index (κ3) is 14.0. The quantitative estimate of drug-likeness (QED) is 0.478. The first kappa shape index (κ1) is 18.0. The lowest BCUT2D eigenvalue weighted by Gasteiger charge is -2.22. The van der Waals surface area contributed by atoms with Gasteiger partial charge in [0.15, 0.2) is 0 Å². The molecule has 0 spiro atoms. The standard InChI is InChI=1S/C17H37N/c1-6-7-8-9-10-11-12-13-16(2)14-15-18-17(3,4)5/h16,18H,6-15H2,1-5H3. The van der Waals surface area contributed by atoms with Gasteiger partial charge < -0.3 is 5.32 Å². The summed E-state index contributed by atoms with van der Waals surface area (Å²) in [7, 11) is 0. The number of nitrogens with one attached hydrogen (secondary N) is 1. The fourth-order valence-corrected chi connectivity index (χ4v) is 2.29.